The number of fused-ring (bicyclic) bond motifs is 1. The number of H-pyrrole nitrogens is 1. The average Bonchev–Trinajstić information content (AvgIpc) is 3.43. The Hall–Kier alpha value is -5.59. The first-order valence-corrected chi connectivity index (χ1v) is 12.1. The van der Waals surface area contributed by atoms with Crippen molar-refractivity contribution in [2.24, 2.45) is 0 Å². The van der Waals surface area contributed by atoms with Gasteiger partial charge in [-0.05, 0) is 48.0 Å². The number of aromatic nitrogens is 3. The summed E-state index contributed by atoms with van der Waals surface area (Å²) in [6, 6.07) is 19.2. The van der Waals surface area contributed by atoms with Crippen LogP contribution in [0, 0.1) is 0 Å². The van der Waals surface area contributed by atoms with Crippen molar-refractivity contribution >= 4 is 28.7 Å². The van der Waals surface area contributed by atoms with Gasteiger partial charge in [-0.15, -0.1) is 0 Å². The number of halogens is 3. The van der Waals surface area contributed by atoms with Gasteiger partial charge < -0.3 is 20.2 Å². The Labute approximate surface area is 229 Å². The average molecular weight is 563 g/mol. The molecule has 5 rings (SSSR count). The van der Waals surface area contributed by atoms with Gasteiger partial charge in [-0.2, -0.15) is 13.2 Å². The summed E-state index contributed by atoms with van der Waals surface area (Å²) in [5, 5.41) is 5.27. The van der Waals surface area contributed by atoms with Crippen molar-refractivity contribution < 1.29 is 22.8 Å². The van der Waals surface area contributed by atoms with E-state index in [2.05, 4.69) is 21.0 Å². The molecule has 10 nitrogen and oxygen atoms in total. The molecular weight excluding hydrogens is 541 g/mol. The van der Waals surface area contributed by atoms with Crippen LogP contribution in [0.5, 0.6) is 0 Å². The van der Waals surface area contributed by atoms with Crippen molar-refractivity contribution in [3.8, 4) is 5.69 Å². The van der Waals surface area contributed by atoms with E-state index in [0.717, 1.165) is 6.07 Å². The van der Waals surface area contributed by atoms with Crippen LogP contribution in [0.3, 0.4) is 0 Å². The number of rotatable bonds is 6. The normalized spacial score (nSPS) is 11.3. The molecule has 5 aromatic rings. The van der Waals surface area contributed by atoms with Crippen molar-refractivity contribution in [2.45, 2.75) is 12.7 Å². The zero-order valence-electron chi connectivity index (χ0n) is 21.0. The molecule has 0 radical (unpaired) electrons. The highest BCUT2D eigenvalue weighted by atomic mass is 19.4. The van der Waals surface area contributed by atoms with Gasteiger partial charge >= 0.3 is 23.3 Å². The van der Waals surface area contributed by atoms with Crippen LogP contribution in [0.1, 0.15) is 21.5 Å². The molecule has 0 fully saturated rings. The third-order valence-corrected chi connectivity index (χ3v) is 6.07. The molecule has 0 bridgehead atoms. The summed E-state index contributed by atoms with van der Waals surface area (Å²) >= 11 is 0. The fourth-order valence-electron chi connectivity index (χ4n) is 4.13. The Morgan fingerprint density at radius 1 is 0.902 bits per heavy atom. The Bertz CT molecular complexity index is 1860. The lowest BCUT2D eigenvalue weighted by Crippen LogP contribution is -2.42. The predicted molar refractivity (Wildman–Crippen MR) is 146 cm³/mol. The van der Waals surface area contributed by atoms with Crippen molar-refractivity contribution in [3.05, 3.63) is 129 Å². The van der Waals surface area contributed by atoms with E-state index in [1.54, 1.807) is 48.5 Å². The second-order valence-electron chi connectivity index (χ2n) is 8.89. The zero-order valence-corrected chi connectivity index (χ0v) is 21.0. The van der Waals surface area contributed by atoms with E-state index in [-0.39, 0.29) is 28.8 Å². The number of carbonyl (C=O) groups is 2. The van der Waals surface area contributed by atoms with Gasteiger partial charge in [-0.1, -0.05) is 36.4 Å². The molecule has 0 aliphatic carbocycles. The van der Waals surface area contributed by atoms with Gasteiger partial charge in [0, 0.05) is 30.2 Å². The molecule has 0 aliphatic rings. The van der Waals surface area contributed by atoms with Crippen molar-refractivity contribution in [2.75, 3.05) is 10.7 Å². The van der Waals surface area contributed by atoms with Crippen LogP contribution < -0.4 is 27.2 Å². The molecule has 0 atom stereocenters. The number of nitrogens with one attached hydrogen (secondary N) is 4. The van der Waals surface area contributed by atoms with Crippen LogP contribution in [0.2, 0.25) is 0 Å². The third kappa shape index (κ3) is 5.88. The molecule has 0 unspecified atom stereocenters. The number of para-hydroxylation sites is 1. The molecule has 0 aliphatic heterocycles. The first-order chi connectivity index (χ1) is 19.6. The minimum Gasteiger partial charge on any atom is -0.334 e. The van der Waals surface area contributed by atoms with E-state index in [4.69, 9.17) is 0 Å². The Morgan fingerprint density at radius 2 is 1.59 bits per heavy atom. The molecule has 4 N–H and O–H groups in total. The fourth-order valence-corrected chi connectivity index (χ4v) is 4.13. The maximum Gasteiger partial charge on any atom is 0.418 e. The summed E-state index contributed by atoms with van der Waals surface area (Å²) in [7, 11) is 0. The first kappa shape index (κ1) is 27.0. The SMILES string of the molecule is O=C(NCc1ccn(-c2cc3c(cc2C(F)(F)F)[nH]c(=O)c(=O)n3NC(=O)c2ccccc2)c1)Nc1ccccc1. The molecule has 0 saturated carbocycles. The Kier molecular flexibility index (Phi) is 7.17. The van der Waals surface area contributed by atoms with Crippen LogP contribution in [-0.2, 0) is 12.7 Å². The molecule has 3 aromatic carbocycles. The molecule has 0 saturated heterocycles. The van der Waals surface area contributed by atoms with Gasteiger partial charge in [0.05, 0.1) is 22.3 Å². The monoisotopic (exact) mass is 562 g/mol. The van der Waals surface area contributed by atoms with Crippen LogP contribution in [0.4, 0.5) is 23.7 Å². The third-order valence-electron chi connectivity index (χ3n) is 6.07. The van der Waals surface area contributed by atoms with E-state index in [1.165, 1.54) is 35.2 Å². The van der Waals surface area contributed by atoms with Crippen molar-refractivity contribution in [1.29, 1.82) is 0 Å². The second kappa shape index (κ2) is 10.9. The number of hydrogen-bond acceptors (Lipinski definition) is 4. The summed E-state index contributed by atoms with van der Waals surface area (Å²) < 4.78 is 44.2. The topological polar surface area (TPSA) is 130 Å². The summed E-state index contributed by atoms with van der Waals surface area (Å²) in [6.45, 7) is 0.00571. The molecule has 0 spiro atoms. The first-order valence-electron chi connectivity index (χ1n) is 12.1. The number of carbonyl (C=O) groups excluding carboxylic acids is 2. The fraction of sp³-hybridized carbons (Fsp3) is 0.0714. The van der Waals surface area contributed by atoms with Gasteiger partial charge in [-0.3, -0.25) is 19.8 Å². The van der Waals surface area contributed by atoms with Crippen LogP contribution >= 0.6 is 0 Å². The summed E-state index contributed by atoms with van der Waals surface area (Å²) in [5.41, 5.74) is -0.836. The van der Waals surface area contributed by atoms with Crippen LogP contribution in [-0.4, -0.2) is 26.2 Å². The largest absolute Gasteiger partial charge is 0.418 e. The standard InChI is InChI=1S/C28H21F3N6O4/c29-28(30,31)20-13-21-23(37(26(40)25(39)34-21)35-24(38)18-7-3-1-4-8-18)14-22(20)36-12-11-17(16-36)15-32-27(41)33-19-9-5-2-6-10-19/h1-14,16H,15H2,(H,34,39)(H,35,38)(H2,32,33,41). The Morgan fingerprint density at radius 3 is 2.27 bits per heavy atom. The van der Waals surface area contributed by atoms with Crippen molar-refractivity contribution in [1.82, 2.24) is 19.5 Å². The molecule has 3 amide bonds. The van der Waals surface area contributed by atoms with Crippen molar-refractivity contribution in [3.63, 3.8) is 0 Å². The number of aromatic amines is 1. The van der Waals surface area contributed by atoms with Gasteiger partial charge in [0.1, 0.15) is 0 Å². The highest BCUT2D eigenvalue weighted by molar-refractivity contribution is 6.00. The summed E-state index contributed by atoms with van der Waals surface area (Å²) in [6.07, 6.45) is -2.10. The second-order valence-corrected chi connectivity index (χ2v) is 8.89. The highest BCUT2D eigenvalue weighted by Gasteiger charge is 2.35. The highest BCUT2D eigenvalue weighted by Crippen LogP contribution is 2.36. The Balaban J connectivity index is 1.50. The lowest BCUT2D eigenvalue weighted by Gasteiger charge is -2.17. The zero-order chi connectivity index (χ0) is 29.1. The smallest absolute Gasteiger partial charge is 0.334 e. The number of hydrogen-bond donors (Lipinski definition) is 4. The van der Waals surface area contributed by atoms with Crippen LogP contribution in [0.25, 0.3) is 16.7 Å². The molecule has 2 aromatic heterocycles. The summed E-state index contributed by atoms with van der Waals surface area (Å²) in [4.78, 5) is 52.1. The minimum atomic E-state index is -4.84. The number of urea groups is 1. The lowest BCUT2D eigenvalue weighted by molar-refractivity contribution is -0.137. The molecule has 41 heavy (non-hydrogen) atoms. The van der Waals surface area contributed by atoms with E-state index in [9.17, 15) is 32.3 Å². The molecule has 2 heterocycles. The molecule has 13 heteroatoms. The van der Waals surface area contributed by atoms with Gasteiger partial charge in [0.2, 0.25) is 0 Å². The maximum absolute atomic E-state index is 14.1. The predicted octanol–water partition coefficient (Wildman–Crippen LogP) is 4.20. The van der Waals surface area contributed by atoms with E-state index in [0.29, 0.717) is 22.0 Å². The summed E-state index contributed by atoms with van der Waals surface area (Å²) in [5.74, 6) is -0.746. The number of alkyl halides is 3. The number of anilines is 1. The molecule has 208 valence electrons. The van der Waals surface area contributed by atoms with Crippen LogP contribution in [0.15, 0.2) is 101 Å². The van der Waals surface area contributed by atoms with Gasteiger partial charge in [0.25, 0.3) is 5.91 Å². The molecular formula is C28H21F3N6O4. The minimum absolute atomic E-state index is 0.00571. The van der Waals surface area contributed by atoms with E-state index in [1.807, 2.05) is 0 Å². The van der Waals surface area contributed by atoms with E-state index < -0.39 is 34.8 Å². The van der Waals surface area contributed by atoms with Gasteiger partial charge in [0.15, 0.2) is 0 Å². The van der Waals surface area contributed by atoms with E-state index >= 15 is 0 Å². The van der Waals surface area contributed by atoms with Gasteiger partial charge in [-0.25, -0.2) is 9.47 Å². The number of nitrogens with zero attached hydrogens (tertiary/aromatic N) is 2. The lowest BCUT2D eigenvalue weighted by atomic mass is 10.1. The number of benzene rings is 3. The number of amides is 3. The quantitative estimate of drug-likeness (QED) is 0.231. The maximum atomic E-state index is 14.1.